The Kier molecular flexibility index (Phi) is 6.74. The lowest BCUT2D eigenvalue weighted by molar-refractivity contribution is -0.383. The van der Waals surface area contributed by atoms with Crippen LogP contribution in [0.4, 0.5) is 23.0 Å². The molecule has 26 heavy (non-hydrogen) atoms. The van der Waals surface area contributed by atoms with Gasteiger partial charge in [-0.2, -0.15) is 0 Å². The highest BCUT2D eigenvalue weighted by Gasteiger charge is 2.28. The molecule has 1 N–H and O–H groups in total. The minimum Gasteiger partial charge on any atom is -0.350 e. The van der Waals surface area contributed by atoms with Gasteiger partial charge in [-0.15, -0.1) is 0 Å². The van der Waals surface area contributed by atoms with Crippen molar-refractivity contribution in [1.29, 1.82) is 0 Å². The van der Waals surface area contributed by atoms with Gasteiger partial charge < -0.3 is 10.2 Å². The number of benzene rings is 1. The summed E-state index contributed by atoms with van der Waals surface area (Å²) in [5.74, 6) is 1.12. The SMILES string of the molecule is CC(C)CN(CC(C)C)c1ncnc(Nc2ccccc2Cl)c1[N+](=O)[O-]. The van der Waals surface area contributed by atoms with Gasteiger partial charge in [0.2, 0.25) is 11.6 Å². The van der Waals surface area contributed by atoms with Gasteiger partial charge in [0.15, 0.2) is 0 Å². The van der Waals surface area contributed by atoms with Gasteiger partial charge in [-0.1, -0.05) is 51.4 Å². The lowest BCUT2D eigenvalue weighted by atomic mass is 10.1. The Labute approximate surface area is 158 Å². The van der Waals surface area contributed by atoms with Crippen LogP contribution in [-0.2, 0) is 0 Å². The maximum Gasteiger partial charge on any atom is 0.353 e. The highest BCUT2D eigenvalue weighted by molar-refractivity contribution is 6.33. The predicted octanol–water partition coefficient (Wildman–Crippen LogP) is 4.90. The summed E-state index contributed by atoms with van der Waals surface area (Å²) in [6.07, 6.45) is 1.34. The fourth-order valence-corrected chi connectivity index (χ4v) is 2.86. The molecule has 0 saturated heterocycles. The maximum absolute atomic E-state index is 11.8. The van der Waals surface area contributed by atoms with Crippen molar-refractivity contribution >= 4 is 34.6 Å². The summed E-state index contributed by atoms with van der Waals surface area (Å²) in [5.41, 5.74) is 0.412. The molecule has 0 radical (unpaired) electrons. The van der Waals surface area contributed by atoms with Gasteiger partial charge in [-0.25, -0.2) is 9.97 Å². The summed E-state index contributed by atoms with van der Waals surface area (Å²) in [4.78, 5) is 21.6. The van der Waals surface area contributed by atoms with E-state index in [9.17, 15) is 10.1 Å². The Balaban J connectivity index is 2.49. The maximum atomic E-state index is 11.8. The van der Waals surface area contributed by atoms with E-state index in [1.54, 1.807) is 24.3 Å². The number of nitrogens with one attached hydrogen (secondary N) is 1. The number of anilines is 3. The van der Waals surface area contributed by atoms with Crippen LogP contribution in [0.15, 0.2) is 30.6 Å². The number of para-hydroxylation sites is 1. The Hall–Kier alpha value is -2.41. The van der Waals surface area contributed by atoms with Crippen molar-refractivity contribution in [2.45, 2.75) is 27.7 Å². The molecule has 0 aliphatic rings. The monoisotopic (exact) mass is 377 g/mol. The fourth-order valence-electron chi connectivity index (χ4n) is 2.68. The van der Waals surface area contributed by atoms with Crippen molar-refractivity contribution in [3.05, 3.63) is 45.7 Å². The van der Waals surface area contributed by atoms with Gasteiger partial charge in [0, 0.05) is 13.1 Å². The van der Waals surface area contributed by atoms with E-state index in [-0.39, 0.29) is 11.5 Å². The molecule has 0 bridgehead atoms. The molecule has 1 aromatic carbocycles. The van der Waals surface area contributed by atoms with Crippen LogP contribution in [0.2, 0.25) is 5.02 Å². The Bertz CT molecular complexity index is 757. The van der Waals surface area contributed by atoms with Crippen molar-refractivity contribution in [1.82, 2.24) is 9.97 Å². The van der Waals surface area contributed by atoms with Gasteiger partial charge >= 0.3 is 5.69 Å². The smallest absolute Gasteiger partial charge is 0.350 e. The molecule has 2 rings (SSSR count). The zero-order valence-electron chi connectivity index (χ0n) is 15.4. The Morgan fingerprint density at radius 3 is 2.31 bits per heavy atom. The quantitative estimate of drug-likeness (QED) is 0.520. The number of rotatable bonds is 8. The van der Waals surface area contributed by atoms with Gasteiger partial charge in [-0.05, 0) is 24.0 Å². The number of halogens is 1. The second kappa shape index (κ2) is 8.80. The molecule has 0 saturated carbocycles. The summed E-state index contributed by atoms with van der Waals surface area (Å²) >= 11 is 6.16. The fraction of sp³-hybridized carbons (Fsp3) is 0.444. The molecular weight excluding hydrogens is 354 g/mol. The van der Waals surface area contributed by atoms with Gasteiger partial charge in [0.25, 0.3) is 0 Å². The zero-order valence-corrected chi connectivity index (χ0v) is 16.2. The second-order valence-corrected chi connectivity index (χ2v) is 7.36. The minimum absolute atomic E-state index is 0.130. The highest BCUT2D eigenvalue weighted by Crippen LogP contribution is 2.35. The Morgan fingerprint density at radius 1 is 1.15 bits per heavy atom. The third-order valence-electron chi connectivity index (χ3n) is 3.58. The molecule has 1 heterocycles. The molecule has 0 amide bonds. The summed E-state index contributed by atoms with van der Waals surface area (Å²) in [6, 6.07) is 7.04. The van der Waals surface area contributed by atoms with E-state index in [0.29, 0.717) is 41.5 Å². The number of hydrogen-bond donors (Lipinski definition) is 1. The number of nitrogens with zero attached hydrogens (tertiary/aromatic N) is 4. The van der Waals surface area contributed by atoms with Crippen molar-refractivity contribution < 1.29 is 4.92 Å². The average molecular weight is 378 g/mol. The summed E-state index contributed by atoms with van der Waals surface area (Å²) in [5, 5.41) is 15.3. The van der Waals surface area contributed by atoms with Crippen LogP contribution in [-0.4, -0.2) is 28.0 Å². The molecule has 8 heteroatoms. The molecule has 140 valence electrons. The van der Waals surface area contributed by atoms with Crippen molar-refractivity contribution in [2.24, 2.45) is 11.8 Å². The van der Waals surface area contributed by atoms with E-state index in [4.69, 9.17) is 11.6 Å². The lowest BCUT2D eigenvalue weighted by Crippen LogP contribution is -2.32. The van der Waals surface area contributed by atoms with Crippen molar-refractivity contribution in [2.75, 3.05) is 23.3 Å². The standard InChI is InChI=1S/C18H24ClN5O2/c1-12(2)9-23(10-13(3)4)18-16(24(25)26)17(20-11-21-18)22-15-8-6-5-7-14(15)19/h5-8,11-13H,9-10H2,1-4H3,(H,20,21,22). The van der Waals surface area contributed by atoms with Crippen molar-refractivity contribution in [3.63, 3.8) is 0 Å². The van der Waals surface area contributed by atoms with Crippen LogP contribution in [0, 0.1) is 22.0 Å². The van der Waals surface area contributed by atoms with Gasteiger partial charge in [-0.3, -0.25) is 10.1 Å². The summed E-state index contributed by atoms with van der Waals surface area (Å²) < 4.78 is 0. The normalized spacial score (nSPS) is 11.0. The molecule has 0 fully saturated rings. The predicted molar refractivity (Wildman–Crippen MR) is 105 cm³/mol. The first kappa shape index (κ1) is 19.9. The largest absolute Gasteiger partial charge is 0.353 e. The molecule has 7 nitrogen and oxygen atoms in total. The molecule has 0 atom stereocenters. The van der Waals surface area contributed by atoms with E-state index in [1.807, 2.05) is 4.90 Å². The molecule has 0 unspecified atom stereocenters. The number of aromatic nitrogens is 2. The van der Waals surface area contributed by atoms with E-state index >= 15 is 0 Å². The van der Waals surface area contributed by atoms with Crippen LogP contribution in [0.3, 0.4) is 0 Å². The topological polar surface area (TPSA) is 84.2 Å². The van der Waals surface area contributed by atoms with E-state index in [0.717, 1.165) is 0 Å². The van der Waals surface area contributed by atoms with Crippen LogP contribution >= 0.6 is 11.6 Å². The summed E-state index contributed by atoms with van der Waals surface area (Å²) in [7, 11) is 0. The van der Waals surface area contributed by atoms with E-state index in [2.05, 4.69) is 43.0 Å². The third-order valence-corrected chi connectivity index (χ3v) is 3.91. The first-order valence-corrected chi connectivity index (χ1v) is 8.93. The number of hydrogen-bond acceptors (Lipinski definition) is 6. The molecule has 0 aliphatic carbocycles. The molecular formula is C18H24ClN5O2. The van der Waals surface area contributed by atoms with Crippen LogP contribution in [0.25, 0.3) is 0 Å². The van der Waals surface area contributed by atoms with Gasteiger partial charge in [0.1, 0.15) is 6.33 Å². The van der Waals surface area contributed by atoms with Crippen LogP contribution in [0.5, 0.6) is 0 Å². The summed E-state index contributed by atoms with van der Waals surface area (Å²) in [6.45, 7) is 9.63. The average Bonchev–Trinajstić information content (AvgIpc) is 2.55. The van der Waals surface area contributed by atoms with E-state index < -0.39 is 4.92 Å². The van der Waals surface area contributed by atoms with Crippen molar-refractivity contribution in [3.8, 4) is 0 Å². The molecule has 0 aliphatic heterocycles. The third kappa shape index (κ3) is 5.05. The lowest BCUT2D eigenvalue weighted by Gasteiger charge is -2.27. The number of nitro groups is 1. The van der Waals surface area contributed by atoms with Gasteiger partial charge in [0.05, 0.1) is 15.6 Å². The zero-order chi connectivity index (χ0) is 19.3. The molecule has 1 aromatic heterocycles. The molecule has 2 aromatic rings. The second-order valence-electron chi connectivity index (χ2n) is 6.95. The first-order chi connectivity index (χ1) is 12.3. The van der Waals surface area contributed by atoms with E-state index in [1.165, 1.54) is 6.33 Å². The first-order valence-electron chi connectivity index (χ1n) is 8.55. The Morgan fingerprint density at radius 2 is 1.77 bits per heavy atom. The minimum atomic E-state index is -0.442. The molecule has 0 spiro atoms. The highest BCUT2D eigenvalue weighted by atomic mass is 35.5. The van der Waals surface area contributed by atoms with Crippen LogP contribution in [0.1, 0.15) is 27.7 Å². The van der Waals surface area contributed by atoms with Crippen LogP contribution < -0.4 is 10.2 Å².